The van der Waals surface area contributed by atoms with Crippen LogP contribution in [0.2, 0.25) is 0 Å². The Bertz CT molecular complexity index is 871. The van der Waals surface area contributed by atoms with Gasteiger partial charge in [-0.05, 0) is 36.6 Å². The van der Waals surface area contributed by atoms with Gasteiger partial charge < -0.3 is 10.5 Å². The number of nitrogens with two attached hydrogens (primary N) is 1. The molecule has 1 aliphatic heterocycles. The molecule has 2 N–H and O–H groups in total. The van der Waals surface area contributed by atoms with Crippen molar-refractivity contribution in [2.24, 2.45) is 21.6 Å². The summed E-state index contributed by atoms with van der Waals surface area (Å²) in [5.41, 5.74) is 5.04. The minimum absolute atomic E-state index is 0.265. The average molecular weight is 465 g/mol. The van der Waals surface area contributed by atoms with Crippen molar-refractivity contribution >= 4 is 45.3 Å². The van der Waals surface area contributed by atoms with Crippen molar-refractivity contribution in [2.75, 3.05) is 18.1 Å². The average Bonchev–Trinajstić information content (AvgIpc) is 3.22. The predicted molar refractivity (Wildman–Crippen MR) is 115 cm³/mol. The fourth-order valence-corrected chi connectivity index (χ4v) is 7.88. The number of hydrogen-bond acceptors (Lipinski definition) is 7. The minimum Gasteiger partial charge on any atom is -0.494 e. The molecular weight excluding hydrogens is 444 g/mol. The third kappa shape index (κ3) is 2.46. The number of hydrogen-bond donors (Lipinski definition) is 1. The second kappa shape index (κ2) is 7.24. The fraction of sp³-hybridized carbons (Fsp3) is 0.526. The molecule has 0 amide bonds. The van der Waals surface area contributed by atoms with Gasteiger partial charge in [-0.15, -0.1) is 23.5 Å². The Morgan fingerprint density at radius 2 is 1.89 bits per heavy atom. The van der Waals surface area contributed by atoms with Crippen LogP contribution in [0.25, 0.3) is 0 Å². The lowest BCUT2D eigenvalue weighted by molar-refractivity contribution is 0.335. The number of thioether (sulfide) groups is 2. The van der Waals surface area contributed by atoms with Crippen molar-refractivity contribution < 1.29 is 4.74 Å². The van der Waals surface area contributed by atoms with Crippen LogP contribution in [0.5, 0.6) is 5.75 Å². The van der Waals surface area contributed by atoms with Crippen LogP contribution in [0.15, 0.2) is 27.7 Å². The van der Waals surface area contributed by atoms with Gasteiger partial charge in [-0.2, -0.15) is 10.5 Å². The molecule has 1 aromatic rings. The van der Waals surface area contributed by atoms with Crippen LogP contribution < -0.4 is 10.5 Å². The number of nitriles is 2. The maximum Gasteiger partial charge on any atom is 0.175 e. The first-order valence-corrected chi connectivity index (χ1v) is 11.6. The number of ether oxygens (including phenoxy) is 1. The lowest BCUT2D eigenvalue weighted by Crippen LogP contribution is -2.31. The maximum absolute atomic E-state index is 10.4. The van der Waals surface area contributed by atoms with Crippen molar-refractivity contribution in [3.05, 3.63) is 28.2 Å². The predicted octanol–water partition coefficient (Wildman–Crippen LogP) is 4.50. The smallest absolute Gasteiger partial charge is 0.175 e. The highest BCUT2D eigenvalue weighted by Gasteiger charge is 2.92. The first-order chi connectivity index (χ1) is 12.9. The molecule has 0 bridgehead atoms. The number of rotatable bonds is 7. The number of amidine groups is 1. The Labute approximate surface area is 176 Å². The van der Waals surface area contributed by atoms with Crippen LogP contribution in [0.4, 0.5) is 0 Å². The van der Waals surface area contributed by atoms with Gasteiger partial charge in [0.25, 0.3) is 0 Å². The van der Waals surface area contributed by atoms with E-state index < -0.39 is 15.0 Å². The van der Waals surface area contributed by atoms with Crippen molar-refractivity contribution in [3.63, 3.8) is 0 Å². The molecular formula is C19H21BrN4OS2. The van der Waals surface area contributed by atoms with Gasteiger partial charge in [0.1, 0.15) is 22.4 Å². The summed E-state index contributed by atoms with van der Waals surface area (Å²) in [5, 5.41) is 20.6. The molecule has 3 atom stereocenters. The van der Waals surface area contributed by atoms with Gasteiger partial charge in [-0.25, -0.2) is 4.99 Å². The second-order valence-electron chi connectivity index (χ2n) is 6.33. The van der Waals surface area contributed by atoms with E-state index in [4.69, 9.17) is 15.5 Å². The maximum atomic E-state index is 10.4. The topological polar surface area (TPSA) is 95.2 Å². The third-order valence-corrected chi connectivity index (χ3v) is 8.58. The summed E-state index contributed by atoms with van der Waals surface area (Å²) in [6, 6.07) is 10.6. The molecule has 1 aromatic carbocycles. The van der Waals surface area contributed by atoms with Crippen LogP contribution in [0.1, 0.15) is 32.3 Å². The van der Waals surface area contributed by atoms with Gasteiger partial charge in [0.05, 0.1) is 18.7 Å². The number of fused-ring (bicyclic) bond motifs is 1. The highest BCUT2D eigenvalue weighted by atomic mass is 79.9. The normalized spacial score (nSPS) is 30.0. The van der Waals surface area contributed by atoms with Crippen LogP contribution in [0, 0.1) is 33.5 Å². The molecule has 0 aromatic heterocycles. The van der Waals surface area contributed by atoms with Crippen molar-refractivity contribution in [1.82, 2.24) is 0 Å². The van der Waals surface area contributed by atoms with E-state index in [9.17, 15) is 10.5 Å². The van der Waals surface area contributed by atoms with Crippen LogP contribution in [-0.2, 0) is 0 Å². The Morgan fingerprint density at radius 3 is 2.41 bits per heavy atom. The minimum atomic E-state index is -1.13. The molecule has 0 spiro atoms. The summed E-state index contributed by atoms with van der Waals surface area (Å²) in [5.74, 6) is 2.13. The molecule has 0 radical (unpaired) electrons. The van der Waals surface area contributed by atoms with Crippen molar-refractivity contribution in [2.45, 2.75) is 30.9 Å². The van der Waals surface area contributed by atoms with E-state index in [2.05, 4.69) is 28.1 Å². The Balaban J connectivity index is 2.26. The third-order valence-electron chi connectivity index (χ3n) is 5.19. The molecule has 5 nitrogen and oxygen atoms in total. The van der Waals surface area contributed by atoms with E-state index in [0.717, 1.165) is 21.5 Å². The molecule has 142 valence electrons. The van der Waals surface area contributed by atoms with E-state index >= 15 is 0 Å². The summed E-state index contributed by atoms with van der Waals surface area (Å²) in [4.78, 5) is 4.71. The van der Waals surface area contributed by atoms with Crippen LogP contribution >= 0.6 is 39.5 Å². The van der Waals surface area contributed by atoms with Gasteiger partial charge >= 0.3 is 0 Å². The highest BCUT2D eigenvalue weighted by molar-refractivity contribution is 9.10. The standard InChI is InChI=1S/C19H21BrN4OS2/c1-4-25-14-8-7-12(20)9-13(14)15-17(10-21)16(23)24-19(26-5-2,27-6-3)18(15,17)11-22/h7-9,15H,4-6H2,1-3H3,(H2,23,24). The summed E-state index contributed by atoms with van der Waals surface area (Å²) in [6.45, 7) is 6.49. The van der Waals surface area contributed by atoms with Gasteiger partial charge in [0, 0.05) is 16.0 Å². The first kappa shape index (κ1) is 20.4. The lowest BCUT2D eigenvalue weighted by atomic mass is 9.97. The van der Waals surface area contributed by atoms with E-state index in [1.165, 1.54) is 0 Å². The van der Waals surface area contributed by atoms with Gasteiger partial charge in [-0.1, -0.05) is 29.8 Å². The molecule has 1 aliphatic carbocycles. The molecule has 1 saturated carbocycles. The monoisotopic (exact) mass is 464 g/mol. The summed E-state index contributed by atoms with van der Waals surface area (Å²) in [7, 11) is 0. The van der Waals surface area contributed by atoms with E-state index in [1.807, 2.05) is 39.0 Å². The fourth-order valence-electron chi connectivity index (χ4n) is 4.25. The van der Waals surface area contributed by atoms with Gasteiger partial charge in [0.2, 0.25) is 0 Å². The molecule has 2 aliphatic rings. The highest BCUT2D eigenvalue weighted by Crippen LogP contribution is 2.86. The van der Waals surface area contributed by atoms with Crippen molar-refractivity contribution in [1.29, 1.82) is 10.5 Å². The number of benzene rings is 1. The number of aliphatic imine (C=N–C) groups is 1. The Morgan fingerprint density at radius 1 is 1.22 bits per heavy atom. The molecule has 1 fully saturated rings. The zero-order valence-corrected chi connectivity index (χ0v) is 18.7. The van der Waals surface area contributed by atoms with Crippen LogP contribution in [0.3, 0.4) is 0 Å². The first-order valence-electron chi connectivity index (χ1n) is 8.83. The second-order valence-corrected chi connectivity index (χ2v) is 10.4. The summed E-state index contributed by atoms with van der Waals surface area (Å²) in [6.07, 6.45) is 0. The van der Waals surface area contributed by atoms with E-state index in [0.29, 0.717) is 12.4 Å². The summed E-state index contributed by atoms with van der Waals surface area (Å²) < 4.78 is 5.91. The number of halogens is 1. The SMILES string of the molecule is CCOc1ccc(Br)cc1C1C2(C#N)C(N)=NC(SCC)(SCC)C12C#N. The molecule has 8 heteroatoms. The molecule has 0 saturated heterocycles. The lowest BCUT2D eigenvalue weighted by Gasteiger charge is -2.31. The van der Waals surface area contributed by atoms with E-state index in [-0.39, 0.29) is 11.8 Å². The quantitative estimate of drug-likeness (QED) is 0.596. The molecule has 3 rings (SSSR count). The zero-order valence-electron chi connectivity index (χ0n) is 15.5. The van der Waals surface area contributed by atoms with E-state index in [1.54, 1.807) is 23.5 Å². The van der Waals surface area contributed by atoms with Crippen LogP contribution in [-0.4, -0.2) is 28.2 Å². The molecule has 3 unspecified atom stereocenters. The van der Waals surface area contributed by atoms with Gasteiger partial charge in [0.15, 0.2) is 4.20 Å². The Kier molecular flexibility index (Phi) is 5.46. The largest absolute Gasteiger partial charge is 0.494 e. The zero-order chi connectivity index (χ0) is 19.9. The molecule has 1 heterocycles. The number of nitrogens with zero attached hydrogens (tertiary/aromatic N) is 3. The van der Waals surface area contributed by atoms with Crippen molar-refractivity contribution in [3.8, 4) is 17.9 Å². The van der Waals surface area contributed by atoms with Gasteiger partial charge in [-0.3, -0.25) is 0 Å². The Hall–Kier alpha value is -1.35. The summed E-state index contributed by atoms with van der Waals surface area (Å²) >= 11 is 6.70. The molecule has 27 heavy (non-hydrogen) atoms.